The number of aliphatic hydroxyl groups excluding tert-OH is 1. The molecule has 1 aliphatic rings. The van der Waals surface area contributed by atoms with E-state index in [-0.39, 0.29) is 6.54 Å². The molecule has 0 spiro atoms. The van der Waals surface area contributed by atoms with E-state index in [0.29, 0.717) is 18.1 Å². The zero-order valence-electron chi connectivity index (χ0n) is 16.1. The minimum absolute atomic E-state index is 0.0873. The number of aryl methyl sites for hydroxylation is 1. The van der Waals surface area contributed by atoms with Gasteiger partial charge in [0.15, 0.2) is 12.1 Å². The molecule has 0 radical (unpaired) electrons. The molecule has 3 rings (SSSR count). The molecule has 2 aromatic rings. The van der Waals surface area contributed by atoms with Crippen molar-refractivity contribution in [2.24, 2.45) is 0 Å². The van der Waals surface area contributed by atoms with E-state index in [1.54, 1.807) is 18.1 Å². The third-order valence-electron chi connectivity index (χ3n) is 4.48. The third-order valence-corrected chi connectivity index (χ3v) is 4.48. The number of ether oxygens (including phenoxy) is 1. The van der Waals surface area contributed by atoms with Crippen LogP contribution in [0.1, 0.15) is 17.7 Å². The Kier molecular flexibility index (Phi) is 6.20. The van der Waals surface area contributed by atoms with Crippen LogP contribution in [0.2, 0.25) is 0 Å². The van der Waals surface area contributed by atoms with Gasteiger partial charge in [0.1, 0.15) is 23.9 Å². The average Bonchev–Trinajstić information content (AvgIpc) is 3.08. The molecule has 146 valence electrons. The first-order chi connectivity index (χ1) is 12.9. The van der Waals surface area contributed by atoms with Crippen molar-refractivity contribution in [3.05, 3.63) is 29.6 Å². The SMILES string of the molecule is CN(C)CCOc1ccnc(-c2nc3c(c(N(C)CC(O)O)n2)CCC3)c1. The Bertz CT molecular complexity index is 782. The van der Waals surface area contributed by atoms with Gasteiger partial charge in [-0.05, 0) is 39.4 Å². The predicted molar refractivity (Wildman–Crippen MR) is 103 cm³/mol. The fourth-order valence-electron chi connectivity index (χ4n) is 3.14. The van der Waals surface area contributed by atoms with Crippen LogP contribution in [0.25, 0.3) is 11.5 Å². The first-order valence-electron chi connectivity index (χ1n) is 9.15. The molecule has 1 aliphatic carbocycles. The predicted octanol–water partition coefficient (Wildman–Crippen LogP) is 0.715. The highest BCUT2D eigenvalue weighted by Crippen LogP contribution is 2.31. The van der Waals surface area contributed by atoms with Gasteiger partial charge in [-0.1, -0.05) is 0 Å². The highest BCUT2D eigenvalue weighted by molar-refractivity contribution is 5.59. The van der Waals surface area contributed by atoms with Gasteiger partial charge < -0.3 is 24.7 Å². The van der Waals surface area contributed by atoms with E-state index in [2.05, 4.69) is 14.9 Å². The molecule has 0 unspecified atom stereocenters. The maximum atomic E-state index is 9.31. The first-order valence-corrected chi connectivity index (χ1v) is 9.15. The molecule has 8 heteroatoms. The molecule has 0 amide bonds. The zero-order valence-corrected chi connectivity index (χ0v) is 16.1. The van der Waals surface area contributed by atoms with Crippen LogP contribution in [-0.2, 0) is 12.8 Å². The molecule has 0 saturated heterocycles. The van der Waals surface area contributed by atoms with Crippen molar-refractivity contribution in [2.75, 3.05) is 45.7 Å². The van der Waals surface area contributed by atoms with E-state index in [9.17, 15) is 10.2 Å². The lowest BCUT2D eigenvalue weighted by Gasteiger charge is -2.22. The van der Waals surface area contributed by atoms with E-state index in [1.807, 2.05) is 26.2 Å². The lowest BCUT2D eigenvalue weighted by Crippen LogP contribution is -2.30. The van der Waals surface area contributed by atoms with E-state index in [0.717, 1.165) is 48.6 Å². The van der Waals surface area contributed by atoms with Crippen molar-refractivity contribution in [1.29, 1.82) is 0 Å². The smallest absolute Gasteiger partial charge is 0.180 e. The number of rotatable bonds is 8. The molecule has 0 fully saturated rings. The number of hydrogen-bond donors (Lipinski definition) is 2. The van der Waals surface area contributed by atoms with Crippen LogP contribution in [0.4, 0.5) is 5.82 Å². The van der Waals surface area contributed by atoms with Crippen LogP contribution in [0.5, 0.6) is 5.75 Å². The van der Waals surface area contributed by atoms with Gasteiger partial charge in [-0.25, -0.2) is 9.97 Å². The Morgan fingerprint density at radius 1 is 1.19 bits per heavy atom. The highest BCUT2D eigenvalue weighted by atomic mass is 16.5. The Morgan fingerprint density at radius 2 is 2.00 bits per heavy atom. The van der Waals surface area contributed by atoms with Crippen molar-refractivity contribution in [1.82, 2.24) is 19.9 Å². The first kappa shape index (κ1) is 19.5. The summed E-state index contributed by atoms with van der Waals surface area (Å²) in [4.78, 5) is 17.6. The van der Waals surface area contributed by atoms with Crippen molar-refractivity contribution in [3.8, 4) is 17.3 Å². The highest BCUT2D eigenvalue weighted by Gasteiger charge is 2.23. The fraction of sp³-hybridized carbons (Fsp3) is 0.526. The maximum Gasteiger partial charge on any atom is 0.180 e. The van der Waals surface area contributed by atoms with Crippen molar-refractivity contribution in [3.63, 3.8) is 0 Å². The second-order valence-corrected chi connectivity index (χ2v) is 7.04. The second-order valence-electron chi connectivity index (χ2n) is 7.04. The molecular weight excluding hydrogens is 346 g/mol. The van der Waals surface area contributed by atoms with Gasteiger partial charge in [0.25, 0.3) is 0 Å². The topological polar surface area (TPSA) is 94.8 Å². The van der Waals surface area contributed by atoms with E-state index < -0.39 is 6.29 Å². The summed E-state index contributed by atoms with van der Waals surface area (Å²) in [5, 5.41) is 18.6. The fourth-order valence-corrected chi connectivity index (χ4v) is 3.14. The summed E-state index contributed by atoms with van der Waals surface area (Å²) in [6, 6.07) is 3.67. The Morgan fingerprint density at radius 3 is 2.74 bits per heavy atom. The van der Waals surface area contributed by atoms with Gasteiger partial charge in [0.2, 0.25) is 0 Å². The van der Waals surface area contributed by atoms with Gasteiger partial charge in [0.05, 0.1) is 6.54 Å². The van der Waals surface area contributed by atoms with Crippen LogP contribution in [0.15, 0.2) is 18.3 Å². The Balaban J connectivity index is 1.88. The third kappa shape index (κ3) is 4.91. The zero-order chi connectivity index (χ0) is 19.4. The quantitative estimate of drug-likeness (QED) is 0.654. The summed E-state index contributed by atoms with van der Waals surface area (Å²) in [5.41, 5.74) is 2.74. The van der Waals surface area contributed by atoms with Crippen LogP contribution < -0.4 is 9.64 Å². The molecule has 0 bridgehead atoms. The minimum Gasteiger partial charge on any atom is -0.492 e. The van der Waals surface area contributed by atoms with Gasteiger partial charge in [0, 0.05) is 37.1 Å². The van der Waals surface area contributed by atoms with E-state index >= 15 is 0 Å². The van der Waals surface area contributed by atoms with Crippen LogP contribution in [0.3, 0.4) is 0 Å². The molecule has 2 N–H and O–H groups in total. The molecular formula is C19H27N5O3. The summed E-state index contributed by atoms with van der Waals surface area (Å²) in [6.07, 6.45) is 3.09. The molecule has 0 atom stereocenters. The number of aromatic nitrogens is 3. The molecule has 8 nitrogen and oxygen atoms in total. The van der Waals surface area contributed by atoms with Crippen molar-refractivity contribution >= 4 is 5.82 Å². The minimum atomic E-state index is -1.42. The van der Waals surface area contributed by atoms with Crippen molar-refractivity contribution in [2.45, 2.75) is 25.6 Å². The normalized spacial score (nSPS) is 13.3. The Hall–Kier alpha value is -2.29. The second kappa shape index (κ2) is 8.60. The standard InChI is InChI=1S/C19H27N5O3/c1-23(2)9-10-27-13-7-8-20-16(11-13)18-21-15-6-4-5-14(15)19(22-18)24(3)12-17(25)26/h7-8,11,17,25-26H,4-6,9-10,12H2,1-3H3. The monoisotopic (exact) mass is 373 g/mol. The number of anilines is 1. The summed E-state index contributed by atoms with van der Waals surface area (Å²) >= 11 is 0. The number of hydrogen-bond acceptors (Lipinski definition) is 8. The van der Waals surface area contributed by atoms with Gasteiger partial charge in [-0.15, -0.1) is 0 Å². The number of pyridine rings is 1. The van der Waals surface area contributed by atoms with Gasteiger partial charge in [-0.3, -0.25) is 4.98 Å². The molecule has 2 aromatic heterocycles. The average molecular weight is 373 g/mol. The number of aliphatic hydroxyl groups is 2. The molecule has 27 heavy (non-hydrogen) atoms. The summed E-state index contributed by atoms with van der Waals surface area (Å²) < 4.78 is 5.79. The van der Waals surface area contributed by atoms with Crippen LogP contribution in [-0.4, -0.2) is 77.2 Å². The number of nitrogens with zero attached hydrogens (tertiary/aromatic N) is 5. The largest absolute Gasteiger partial charge is 0.492 e. The Labute approximate surface area is 159 Å². The molecule has 0 aliphatic heterocycles. The maximum absolute atomic E-state index is 9.31. The number of fused-ring (bicyclic) bond motifs is 1. The van der Waals surface area contributed by atoms with Gasteiger partial charge in [-0.2, -0.15) is 0 Å². The summed E-state index contributed by atoms with van der Waals surface area (Å²) in [6.45, 7) is 1.50. The molecule has 2 heterocycles. The summed E-state index contributed by atoms with van der Waals surface area (Å²) in [7, 11) is 5.81. The lowest BCUT2D eigenvalue weighted by molar-refractivity contribution is -0.0315. The van der Waals surface area contributed by atoms with Crippen molar-refractivity contribution < 1.29 is 14.9 Å². The van der Waals surface area contributed by atoms with Gasteiger partial charge >= 0.3 is 0 Å². The number of likely N-dealkylation sites (N-methyl/N-ethyl adjacent to an activating group) is 2. The van der Waals surface area contributed by atoms with E-state index in [1.165, 1.54) is 0 Å². The van der Waals surface area contributed by atoms with E-state index in [4.69, 9.17) is 9.72 Å². The lowest BCUT2D eigenvalue weighted by atomic mass is 10.2. The summed E-state index contributed by atoms with van der Waals surface area (Å²) in [5.74, 6) is 2.00. The molecule has 0 saturated carbocycles. The van der Waals surface area contributed by atoms with Crippen LogP contribution >= 0.6 is 0 Å². The molecule has 0 aromatic carbocycles. The van der Waals surface area contributed by atoms with Crippen LogP contribution in [0, 0.1) is 0 Å².